The first-order valence-corrected chi connectivity index (χ1v) is 5.27. The van der Waals surface area contributed by atoms with E-state index >= 15 is 0 Å². The van der Waals surface area contributed by atoms with Gasteiger partial charge >= 0.3 is 0 Å². The number of aliphatic hydroxyl groups is 1. The zero-order valence-electron chi connectivity index (χ0n) is 9.56. The van der Waals surface area contributed by atoms with Crippen molar-refractivity contribution in [3.05, 3.63) is 0 Å². The molecule has 0 spiro atoms. The molecule has 1 aliphatic heterocycles. The maximum absolute atomic E-state index is 11.6. The Hall–Kier alpha value is -1.43. The molecule has 0 aromatic rings. The summed E-state index contributed by atoms with van der Waals surface area (Å²) >= 11 is 0. The lowest BCUT2D eigenvalue weighted by atomic mass is 10.1. The van der Waals surface area contributed by atoms with Gasteiger partial charge in [-0.3, -0.25) is 9.59 Å². The molecule has 2 amide bonds. The first-order chi connectivity index (χ1) is 7.54. The van der Waals surface area contributed by atoms with E-state index in [2.05, 4.69) is 10.4 Å². The van der Waals surface area contributed by atoms with Crippen LogP contribution in [0.1, 0.15) is 19.8 Å². The maximum atomic E-state index is 11.6. The second-order valence-electron chi connectivity index (χ2n) is 3.96. The molecule has 0 aromatic heterocycles. The minimum atomic E-state index is -0.264. The molecule has 6 nitrogen and oxygen atoms in total. The average molecular weight is 227 g/mol. The highest BCUT2D eigenvalue weighted by Gasteiger charge is 2.21. The van der Waals surface area contributed by atoms with Crippen molar-refractivity contribution in [1.29, 1.82) is 0 Å². The molecule has 16 heavy (non-hydrogen) atoms. The topological polar surface area (TPSA) is 82.0 Å². The van der Waals surface area contributed by atoms with Crippen molar-refractivity contribution in [3.63, 3.8) is 0 Å². The first kappa shape index (κ1) is 12.6. The van der Waals surface area contributed by atoms with E-state index in [9.17, 15) is 9.59 Å². The van der Waals surface area contributed by atoms with E-state index in [-0.39, 0.29) is 24.3 Å². The third-order valence-electron chi connectivity index (χ3n) is 2.39. The summed E-state index contributed by atoms with van der Waals surface area (Å²) in [4.78, 5) is 22.7. The highest BCUT2D eigenvalue weighted by atomic mass is 16.3. The molecule has 2 N–H and O–H groups in total. The van der Waals surface area contributed by atoms with Crippen LogP contribution < -0.4 is 5.32 Å². The van der Waals surface area contributed by atoms with Gasteiger partial charge in [-0.25, -0.2) is 5.01 Å². The number of carbonyl (C=O) groups is 2. The smallest absolute Gasteiger partial charge is 0.267 e. The van der Waals surface area contributed by atoms with Crippen molar-refractivity contribution in [2.24, 2.45) is 11.0 Å². The molecule has 1 aliphatic rings. The number of nitrogens with one attached hydrogen (secondary N) is 1. The summed E-state index contributed by atoms with van der Waals surface area (Å²) in [6.45, 7) is 2.27. The Bertz CT molecular complexity index is 314. The number of amides is 2. The van der Waals surface area contributed by atoms with Crippen LogP contribution in [0.2, 0.25) is 0 Å². The number of hydrogen-bond donors (Lipinski definition) is 2. The number of carbonyl (C=O) groups excluding carboxylic acids is 2. The summed E-state index contributed by atoms with van der Waals surface area (Å²) < 4.78 is 0. The van der Waals surface area contributed by atoms with Crippen LogP contribution in [0.15, 0.2) is 5.10 Å². The number of nitrogens with zero attached hydrogens (tertiary/aromatic N) is 2. The Labute approximate surface area is 94.3 Å². The third-order valence-corrected chi connectivity index (χ3v) is 2.39. The predicted octanol–water partition coefficient (Wildman–Crippen LogP) is -0.661. The Morgan fingerprint density at radius 2 is 2.31 bits per heavy atom. The minimum absolute atomic E-state index is 0.0208. The van der Waals surface area contributed by atoms with Gasteiger partial charge in [-0.2, -0.15) is 5.10 Å². The normalized spacial score (nSPS) is 18.1. The van der Waals surface area contributed by atoms with E-state index in [1.807, 2.05) is 6.92 Å². The summed E-state index contributed by atoms with van der Waals surface area (Å²) in [5.41, 5.74) is 0.368. The van der Waals surface area contributed by atoms with Crippen LogP contribution in [-0.4, -0.2) is 47.8 Å². The molecular weight excluding hydrogens is 210 g/mol. The standard InChI is InChI=1S/C10H17N3O3/c1-7(6-14)5-11-10(16)8-3-4-9(15)13(2)12-8/h7,14H,3-6H2,1-2H3,(H,11,16). The molecule has 0 saturated heterocycles. The van der Waals surface area contributed by atoms with E-state index < -0.39 is 0 Å². The second-order valence-corrected chi connectivity index (χ2v) is 3.96. The summed E-state index contributed by atoms with van der Waals surface area (Å²) in [6, 6.07) is 0. The Balaban J connectivity index is 2.49. The summed E-state index contributed by atoms with van der Waals surface area (Å²) in [6.07, 6.45) is 0.695. The number of aliphatic hydroxyl groups excluding tert-OH is 1. The molecule has 0 fully saturated rings. The van der Waals surface area contributed by atoms with Crippen molar-refractivity contribution >= 4 is 17.5 Å². The molecule has 1 unspecified atom stereocenters. The van der Waals surface area contributed by atoms with Gasteiger partial charge in [0.15, 0.2) is 0 Å². The highest BCUT2D eigenvalue weighted by Crippen LogP contribution is 2.06. The van der Waals surface area contributed by atoms with Crippen molar-refractivity contribution < 1.29 is 14.7 Å². The van der Waals surface area contributed by atoms with Crippen molar-refractivity contribution in [2.45, 2.75) is 19.8 Å². The van der Waals surface area contributed by atoms with Crippen molar-refractivity contribution in [1.82, 2.24) is 10.3 Å². The molecule has 1 heterocycles. The molecule has 0 saturated carbocycles. The van der Waals surface area contributed by atoms with Crippen molar-refractivity contribution in [2.75, 3.05) is 20.2 Å². The number of rotatable bonds is 4. The fraction of sp³-hybridized carbons (Fsp3) is 0.700. The number of hydrazone groups is 1. The third kappa shape index (κ3) is 3.30. The Kier molecular flexibility index (Phi) is 4.42. The van der Waals surface area contributed by atoms with Gasteiger partial charge in [-0.15, -0.1) is 0 Å². The Morgan fingerprint density at radius 1 is 1.62 bits per heavy atom. The maximum Gasteiger partial charge on any atom is 0.267 e. The molecule has 90 valence electrons. The first-order valence-electron chi connectivity index (χ1n) is 5.27. The lowest BCUT2D eigenvalue weighted by molar-refractivity contribution is -0.130. The van der Waals surface area contributed by atoms with Gasteiger partial charge in [0.2, 0.25) is 5.91 Å². The predicted molar refractivity (Wildman–Crippen MR) is 58.7 cm³/mol. The summed E-state index contributed by atoms with van der Waals surface area (Å²) in [7, 11) is 1.53. The molecule has 1 atom stereocenters. The van der Waals surface area contributed by atoms with Crippen LogP contribution in [0.4, 0.5) is 0 Å². The van der Waals surface area contributed by atoms with Gasteiger partial charge in [0.05, 0.1) is 0 Å². The molecule has 0 aromatic carbocycles. The number of hydrogen-bond acceptors (Lipinski definition) is 4. The van der Waals surface area contributed by atoms with E-state index in [4.69, 9.17) is 5.11 Å². The molecular formula is C10H17N3O3. The van der Waals surface area contributed by atoms with Gasteiger partial charge in [-0.05, 0) is 5.92 Å². The van der Waals surface area contributed by atoms with E-state index in [1.54, 1.807) is 0 Å². The van der Waals surface area contributed by atoms with Gasteiger partial charge < -0.3 is 10.4 Å². The SMILES string of the molecule is CC(CO)CNC(=O)C1=NN(C)C(=O)CC1. The molecule has 0 bridgehead atoms. The monoisotopic (exact) mass is 227 g/mol. The van der Waals surface area contributed by atoms with Crippen LogP contribution in [0.5, 0.6) is 0 Å². The lowest BCUT2D eigenvalue weighted by Crippen LogP contribution is -2.39. The zero-order chi connectivity index (χ0) is 12.1. The molecule has 6 heteroatoms. The summed E-state index contributed by atoms with van der Waals surface area (Å²) in [5, 5.41) is 16.6. The van der Waals surface area contributed by atoms with E-state index in [1.165, 1.54) is 12.1 Å². The summed E-state index contributed by atoms with van der Waals surface area (Å²) in [5.74, 6) is -0.326. The average Bonchev–Trinajstić information content (AvgIpc) is 2.29. The van der Waals surface area contributed by atoms with E-state index in [0.29, 0.717) is 25.1 Å². The highest BCUT2D eigenvalue weighted by molar-refractivity contribution is 6.39. The molecule has 0 aliphatic carbocycles. The fourth-order valence-corrected chi connectivity index (χ4v) is 1.27. The van der Waals surface area contributed by atoms with Gasteiger partial charge in [0, 0.05) is 33.0 Å². The lowest BCUT2D eigenvalue weighted by Gasteiger charge is -2.19. The largest absolute Gasteiger partial charge is 0.396 e. The van der Waals surface area contributed by atoms with Crippen LogP contribution in [0.25, 0.3) is 0 Å². The quantitative estimate of drug-likeness (QED) is 0.669. The van der Waals surface area contributed by atoms with Crippen LogP contribution in [0.3, 0.4) is 0 Å². The zero-order valence-corrected chi connectivity index (χ0v) is 9.56. The van der Waals surface area contributed by atoms with E-state index in [0.717, 1.165) is 0 Å². The van der Waals surface area contributed by atoms with Gasteiger partial charge in [-0.1, -0.05) is 6.92 Å². The van der Waals surface area contributed by atoms with Crippen LogP contribution >= 0.6 is 0 Å². The fourth-order valence-electron chi connectivity index (χ4n) is 1.27. The van der Waals surface area contributed by atoms with Crippen LogP contribution in [0, 0.1) is 5.92 Å². The van der Waals surface area contributed by atoms with Crippen molar-refractivity contribution in [3.8, 4) is 0 Å². The molecule has 1 rings (SSSR count). The van der Waals surface area contributed by atoms with Gasteiger partial charge in [0.25, 0.3) is 5.91 Å². The van der Waals surface area contributed by atoms with Gasteiger partial charge in [0.1, 0.15) is 5.71 Å². The minimum Gasteiger partial charge on any atom is -0.396 e. The second kappa shape index (κ2) is 5.60. The molecule has 0 radical (unpaired) electrons. The van der Waals surface area contributed by atoms with Crippen LogP contribution in [-0.2, 0) is 9.59 Å². The Morgan fingerprint density at radius 3 is 2.88 bits per heavy atom.